The number of halogens is 1. The van der Waals surface area contributed by atoms with Crippen molar-refractivity contribution in [3.8, 4) is 0 Å². The summed E-state index contributed by atoms with van der Waals surface area (Å²) in [6, 6.07) is 4.50. The number of nitrogens with one attached hydrogen (secondary N) is 2. The molecule has 3 rings (SSSR count). The lowest BCUT2D eigenvalue weighted by Gasteiger charge is -2.18. The molecule has 0 aromatic heterocycles. The SMILES string of the molecule is O=C(NC[C@H]1CCCO1)C(=O)Nc1ccc(N2CCCS2(=O)=O)cc1Cl. The van der Waals surface area contributed by atoms with Gasteiger partial charge in [0.05, 0.1) is 28.3 Å². The first-order chi connectivity index (χ1) is 12.4. The van der Waals surface area contributed by atoms with Crippen molar-refractivity contribution in [2.24, 2.45) is 0 Å². The van der Waals surface area contributed by atoms with Crippen molar-refractivity contribution in [2.75, 3.05) is 35.1 Å². The van der Waals surface area contributed by atoms with Crippen molar-refractivity contribution >= 4 is 44.8 Å². The Morgan fingerprint density at radius 1 is 1.27 bits per heavy atom. The van der Waals surface area contributed by atoms with Gasteiger partial charge in [0.15, 0.2) is 0 Å². The number of nitrogens with zero attached hydrogens (tertiary/aromatic N) is 1. The monoisotopic (exact) mass is 401 g/mol. The molecule has 2 fully saturated rings. The first-order valence-electron chi connectivity index (χ1n) is 8.37. The first-order valence-corrected chi connectivity index (χ1v) is 10.4. The van der Waals surface area contributed by atoms with E-state index in [2.05, 4.69) is 10.6 Å². The molecule has 1 aromatic rings. The molecule has 2 heterocycles. The minimum Gasteiger partial charge on any atom is -0.376 e. The van der Waals surface area contributed by atoms with Crippen molar-refractivity contribution in [3.05, 3.63) is 23.2 Å². The fourth-order valence-corrected chi connectivity index (χ4v) is 4.74. The van der Waals surface area contributed by atoms with Gasteiger partial charge in [0.1, 0.15) is 0 Å². The van der Waals surface area contributed by atoms with Crippen LogP contribution in [0.3, 0.4) is 0 Å². The van der Waals surface area contributed by atoms with E-state index in [9.17, 15) is 18.0 Å². The van der Waals surface area contributed by atoms with Gasteiger partial charge < -0.3 is 15.4 Å². The molecular weight excluding hydrogens is 382 g/mol. The van der Waals surface area contributed by atoms with Gasteiger partial charge in [-0.1, -0.05) is 11.6 Å². The topological polar surface area (TPSA) is 105 Å². The van der Waals surface area contributed by atoms with Crippen molar-refractivity contribution in [2.45, 2.75) is 25.4 Å². The molecule has 142 valence electrons. The third-order valence-corrected chi connectivity index (χ3v) is 6.49. The van der Waals surface area contributed by atoms with Crippen LogP contribution in [0.25, 0.3) is 0 Å². The number of carbonyl (C=O) groups excluding carboxylic acids is 2. The smallest absolute Gasteiger partial charge is 0.313 e. The molecule has 0 radical (unpaired) electrons. The van der Waals surface area contributed by atoms with Gasteiger partial charge in [-0.25, -0.2) is 8.42 Å². The summed E-state index contributed by atoms with van der Waals surface area (Å²) in [7, 11) is -3.31. The van der Waals surface area contributed by atoms with Gasteiger partial charge in [-0.2, -0.15) is 0 Å². The molecular formula is C16H20ClN3O5S. The number of carbonyl (C=O) groups is 2. The quantitative estimate of drug-likeness (QED) is 0.735. The van der Waals surface area contributed by atoms with E-state index in [0.29, 0.717) is 25.3 Å². The number of benzene rings is 1. The van der Waals surface area contributed by atoms with Crippen LogP contribution in [-0.2, 0) is 24.3 Å². The Labute approximate surface area is 156 Å². The minimum atomic E-state index is -3.31. The summed E-state index contributed by atoms with van der Waals surface area (Å²) in [5, 5.41) is 5.11. The second-order valence-corrected chi connectivity index (χ2v) is 8.63. The summed E-state index contributed by atoms with van der Waals surface area (Å²) in [5.41, 5.74) is 0.678. The molecule has 2 N–H and O–H groups in total. The fraction of sp³-hybridized carbons (Fsp3) is 0.500. The van der Waals surface area contributed by atoms with E-state index in [1.165, 1.54) is 16.4 Å². The standard InChI is InChI=1S/C16H20ClN3O5S/c17-13-9-11(20-6-2-8-26(20,23)24)4-5-14(13)19-16(22)15(21)18-10-12-3-1-7-25-12/h4-5,9,12H,1-3,6-8,10H2,(H,18,21)(H,19,22)/t12-/m1/s1. The van der Waals surface area contributed by atoms with Gasteiger partial charge in [0, 0.05) is 19.7 Å². The lowest BCUT2D eigenvalue weighted by atomic mass is 10.2. The molecule has 2 aliphatic rings. The summed E-state index contributed by atoms with van der Waals surface area (Å²) in [6.45, 7) is 1.35. The van der Waals surface area contributed by atoms with Crippen LogP contribution < -0.4 is 14.9 Å². The molecule has 10 heteroatoms. The number of anilines is 2. The van der Waals surface area contributed by atoms with E-state index >= 15 is 0 Å². The van der Waals surface area contributed by atoms with Crippen LogP contribution >= 0.6 is 11.6 Å². The third kappa shape index (κ3) is 4.28. The highest BCUT2D eigenvalue weighted by Gasteiger charge is 2.29. The van der Waals surface area contributed by atoms with Gasteiger partial charge in [-0.15, -0.1) is 0 Å². The Morgan fingerprint density at radius 3 is 2.69 bits per heavy atom. The van der Waals surface area contributed by atoms with E-state index in [4.69, 9.17) is 16.3 Å². The fourth-order valence-electron chi connectivity index (χ4n) is 2.96. The van der Waals surface area contributed by atoms with Gasteiger partial charge >= 0.3 is 11.8 Å². The highest BCUT2D eigenvalue weighted by atomic mass is 35.5. The molecule has 2 aliphatic heterocycles. The molecule has 1 atom stereocenters. The maximum absolute atomic E-state index is 12.0. The zero-order valence-electron chi connectivity index (χ0n) is 14.0. The predicted octanol–water partition coefficient (Wildman–Crippen LogP) is 1.11. The number of ether oxygens (including phenoxy) is 1. The molecule has 26 heavy (non-hydrogen) atoms. The third-order valence-electron chi connectivity index (χ3n) is 4.31. The van der Waals surface area contributed by atoms with E-state index in [1.807, 2.05) is 0 Å². The molecule has 1 aromatic carbocycles. The molecule has 0 aliphatic carbocycles. The number of sulfonamides is 1. The van der Waals surface area contributed by atoms with Crippen molar-refractivity contribution < 1.29 is 22.7 Å². The van der Waals surface area contributed by atoms with Crippen LogP contribution in [0.4, 0.5) is 11.4 Å². The second-order valence-electron chi connectivity index (χ2n) is 6.21. The van der Waals surface area contributed by atoms with Crippen LogP contribution in [0, 0.1) is 0 Å². The number of amides is 2. The number of hydrogen-bond acceptors (Lipinski definition) is 5. The predicted molar refractivity (Wildman–Crippen MR) is 97.8 cm³/mol. The molecule has 0 spiro atoms. The summed E-state index contributed by atoms with van der Waals surface area (Å²) >= 11 is 6.14. The lowest BCUT2D eigenvalue weighted by molar-refractivity contribution is -0.136. The first kappa shape index (κ1) is 18.9. The molecule has 0 unspecified atom stereocenters. The Hall–Kier alpha value is -1.84. The van der Waals surface area contributed by atoms with Gasteiger partial charge in [-0.05, 0) is 37.5 Å². The van der Waals surface area contributed by atoms with Crippen LogP contribution in [-0.4, -0.2) is 51.8 Å². The molecule has 2 amide bonds. The molecule has 8 nitrogen and oxygen atoms in total. The maximum Gasteiger partial charge on any atom is 0.313 e. The summed E-state index contributed by atoms with van der Waals surface area (Å²) < 4.78 is 30.6. The Kier molecular flexibility index (Phi) is 5.69. The maximum atomic E-state index is 12.0. The van der Waals surface area contributed by atoms with E-state index < -0.39 is 21.8 Å². The average molecular weight is 402 g/mol. The minimum absolute atomic E-state index is 0.0583. The molecule has 0 bridgehead atoms. The van der Waals surface area contributed by atoms with Gasteiger partial charge in [-0.3, -0.25) is 13.9 Å². The summed E-state index contributed by atoms with van der Waals surface area (Å²) in [4.78, 5) is 23.9. The van der Waals surface area contributed by atoms with Gasteiger partial charge in [0.2, 0.25) is 10.0 Å². The molecule has 2 saturated heterocycles. The highest BCUT2D eigenvalue weighted by Crippen LogP contribution is 2.31. The van der Waals surface area contributed by atoms with Crippen LogP contribution in [0.1, 0.15) is 19.3 Å². The Morgan fingerprint density at radius 2 is 2.08 bits per heavy atom. The highest BCUT2D eigenvalue weighted by molar-refractivity contribution is 7.93. The second kappa shape index (κ2) is 7.81. The van der Waals surface area contributed by atoms with Crippen molar-refractivity contribution in [1.82, 2.24) is 5.32 Å². The van der Waals surface area contributed by atoms with E-state index in [-0.39, 0.29) is 29.1 Å². The Bertz CT molecular complexity index is 808. The number of rotatable bonds is 4. The summed E-state index contributed by atoms with van der Waals surface area (Å²) in [5.74, 6) is -1.51. The van der Waals surface area contributed by atoms with Crippen molar-refractivity contribution in [1.29, 1.82) is 0 Å². The van der Waals surface area contributed by atoms with E-state index in [1.54, 1.807) is 6.07 Å². The van der Waals surface area contributed by atoms with Crippen molar-refractivity contribution in [3.63, 3.8) is 0 Å². The molecule has 0 saturated carbocycles. The zero-order chi connectivity index (χ0) is 18.7. The van der Waals surface area contributed by atoms with E-state index in [0.717, 1.165) is 12.8 Å². The largest absolute Gasteiger partial charge is 0.376 e. The van der Waals surface area contributed by atoms with Crippen LogP contribution in [0.2, 0.25) is 5.02 Å². The average Bonchev–Trinajstić information content (AvgIpc) is 3.23. The summed E-state index contributed by atoms with van der Waals surface area (Å²) in [6.07, 6.45) is 2.30. The van der Waals surface area contributed by atoms with Crippen LogP contribution in [0.5, 0.6) is 0 Å². The lowest BCUT2D eigenvalue weighted by Crippen LogP contribution is -2.39. The Balaban J connectivity index is 1.60. The van der Waals surface area contributed by atoms with Crippen LogP contribution in [0.15, 0.2) is 18.2 Å². The number of hydrogen-bond donors (Lipinski definition) is 2. The van der Waals surface area contributed by atoms with Gasteiger partial charge in [0.25, 0.3) is 0 Å². The normalized spacial score (nSPS) is 21.6. The zero-order valence-corrected chi connectivity index (χ0v) is 15.6.